The summed E-state index contributed by atoms with van der Waals surface area (Å²) < 4.78 is 41.2. The average Bonchev–Trinajstić information content (AvgIpc) is 2.59. The molecule has 0 bridgehead atoms. The summed E-state index contributed by atoms with van der Waals surface area (Å²) in [5.74, 6) is -1.21. The van der Waals surface area contributed by atoms with E-state index >= 15 is 0 Å². The molecule has 4 nitrogen and oxygen atoms in total. The van der Waals surface area contributed by atoms with Crippen LogP contribution in [0, 0.1) is 5.82 Å². The number of halogens is 2. The second-order valence-corrected chi connectivity index (χ2v) is 7.37. The van der Waals surface area contributed by atoms with Gasteiger partial charge in [-0.25, -0.2) is 12.8 Å². The molecule has 0 fully saturated rings. The Labute approximate surface area is 149 Å². The van der Waals surface area contributed by atoms with Crippen LogP contribution in [0.1, 0.15) is 0 Å². The van der Waals surface area contributed by atoms with Crippen LogP contribution in [0.4, 0.5) is 10.1 Å². The van der Waals surface area contributed by atoms with E-state index in [1.54, 1.807) is 6.07 Å². The number of benzene rings is 3. The predicted molar refractivity (Wildman–Crippen MR) is 95.8 cm³/mol. The first-order chi connectivity index (χ1) is 11.9. The van der Waals surface area contributed by atoms with E-state index in [1.165, 1.54) is 18.2 Å². The molecule has 0 aliphatic rings. The Kier molecular flexibility index (Phi) is 4.65. The standard InChI is InChI=1S/C18H13ClFNO3S/c19-14-7-9-17(22)18(11-14)25(23,24)21-16-10-13(6-8-15(16)20)12-4-2-1-3-5-12/h1-11,21-22H. The summed E-state index contributed by atoms with van der Waals surface area (Å²) in [5, 5.41) is 9.91. The Morgan fingerprint density at radius 3 is 2.36 bits per heavy atom. The van der Waals surface area contributed by atoms with Gasteiger partial charge >= 0.3 is 0 Å². The molecular weight excluding hydrogens is 365 g/mol. The molecule has 0 saturated heterocycles. The van der Waals surface area contributed by atoms with Crippen molar-refractivity contribution in [2.24, 2.45) is 0 Å². The van der Waals surface area contributed by atoms with Crippen LogP contribution in [0.3, 0.4) is 0 Å². The van der Waals surface area contributed by atoms with Gasteiger partial charge in [-0.3, -0.25) is 4.72 Å². The zero-order valence-electron chi connectivity index (χ0n) is 12.8. The van der Waals surface area contributed by atoms with Crippen molar-refractivity contribution in [2.75, 3.05) is 4.72 Å². The quantitative estimate of drug-likeness (QED) is 0.695. The second-order valence-electron chi connectivity index (χ2n) is 5.28. The van der Waals surface area contributed by atoms with Gasteiger partial charge in [0.15, 0.2) is 0 Å². The van der Waals surface area contributed by atoms with Crippen molar-refractivity contribution >= 4 is 27.3 Å². The lowest BCUT2D eigenvalue weighted by Crippen LogP contribution is -2.14. The Balaban J connectivity index is 2.01. The summed E-state index contributed by atoms with van der Waals surface area (Å²) in [4.78, 5) is -0.426. The molecule has 0 amide bonds. The molecule has 0 aromatic heterocycles. The fraction of sp³-hybridized carbons (Fsp3) is 0. The van der Waals surface area contributed by atoms with Crippen LogP contribution in [0.5, 0.6) is 5.75 Å². The Morgan fingerprint density at radius 1 is 0.920 bits per heavy atom. The number of phenols is 1. The molecule has 0 unspecified atom stereocenters. The van der Waals surface area contributed by atoms with Crippen LogP contribution in [-0.2, 0) is 10.0 Å². The minimum Gasteiger partial charge on any atom is -0.507 e. The van der Waals surface area contributed by atoms with Crippen molar-refractivity contribution in [3.05, 3.63) is 77.6 Å². The Hall–Kier alpha value is -2.57. The van der Waals surface area contributed by atoms with Crippen LogP contribution >= 0.6 is 11.6 Å². The van der Waals surface area contributed by atoms with Gasteiger partial charge in [0.2, 0.25) is 0 Å². The first kappa shape index (κ1) is 17.3. The third kappa shape index (κ3) is 3.75. The van der Waals surface area contributed by atoms with E-state index in [-0.39, 0.29) is 10.7 Å². The molecule has 0 saturated carbocycles. The highest BCUT2D eigenvalue weighted by Gasteiger charge is 2.21. The van der Waals surface area contributed by atoms with E-state index in [9.17, 15) is 17.9 Å². The highest BCUT2D eigenvalue weighted by molar-refractivity contribution is 7.92. The lowest BCUT2D eigenvalue weighted by molar-refractivity contribution is 0.459. The first-order valence-corrected chi connectivity index (χ1v) is 9.09. The van der Waals surface area contributed by atoms with E-state index in [4.69, 9.17) is 11.6 Å². The van der Waals surface area contributed by atoms with Crippen LogP contribution in [-0.4, -0.2) is 13.5 Å². The SMILES string of the molecule is O=S(=O)(Nc1cc(-c2ccccc2)ccc1F)c1cc(Cl)ccc1O. The number of hydrogen-bond acceptors (Lipinski definition) is 3. The fourth-order valence-corrected chi connectivity index (χ4v) is 3.73. The highest BCUT2D eigenvalue weighted by Crippen LogP contribution is 2.30. The zero-order valence-corrected chi connectivity index (χ0v) is 14.4. The topological polar surface area (TPSA) is 66.4 Å². The van der Waals surface area contributed by atoms with Crippen LogP contribution in [0.2, 0.25) is 5.02 Å². The molecular formula is C18H13ClFNO3S. The average molecular weight is 378 g/mol. The molecule has 0 atom stereocenters. The van der Waals surface area contributed by atoms with E-state index in [1.807, 2.05) is 30.3 Å². The minimum atomic E-state index is -4.21. The number of hydrogen-bond donors (Lipinski definition) is 2. The van der Waals surface area contributed by atoms with Crippen molar-refractivity contribution in [1.29, 1.82) is 0 Å². The van der Waals surface area contributed by atoms with Crippen molar-refractivity contribution in [3.8, 4) is 16.9 Å². The lowest BCUT2D eigenvalue weighted by Gasteiger charge is -2.12. The molecule has 0 spiro atoms. The summed E-state index contributed by atoms with van der Waals surface area (Å²) in [5.41, 5.74) is 1.24. The number of sulfonamides is 1. The number of aromatic hydroxyl groups is 1. The summed E-state index contributed by atoms with van der Waals surface area (Å²) >= 11 is 5.78. The lowest BCUT2D eigenvalue weighted by atomic mass is 10.1. The molecule has 7 heteroatoms. The maximum Gasteiger partial charge on any atom is 0.265 e. The van der Waals surface area contributed by atoms with Gasteiger partial charge in [0.05, 0.1) is 5.69 Å². The number of phenolic OH excluding ortho intramolecular Hbond substituents is 1. The monoisotopic (exact) mass is 377 g/mol. The molecule has 0 aliphatic heterocycles. The maximum atomic E-state index is 14.1. The van der Waals surface area contributed by atoms with Gasteiger partial charge in [0, 0.05) is 5.02 Å². The third-order valence-corrected chi connectivity index (χ3v) is 5.16. The van der Waals surface area contributed by atoms with Gasteiger partial charge in [-0.15, -0.1) is 0 Å². The number of anilines is 1. The van der Waals surface area contributed by atoms with E-state index in [0.717, 1.165) is 17.7 Å². The fourth-order valence-electron chi connectivity index (χ4n) is 2.32. The second kappa shape index (κ2) is 6.74. The van der Waals surface area contributed by atoms with Gasteiger partial charge in [-0.1, -0.05) is 48.0 Å². The summed E-state index contributed by atoms with van der Waals surface area (Å²) in [6.45, 7) is 0. The van der Waals surface area contributed by atoms with E-state index in [0.29, 0.717) is 5.56 Å². The first-order valence-electron chi connectivity index (χ1n) is 7.23. The zero-order chi connectivity index (χ0) is 18.0. The molecule has 0 radical (unpaired) electrons. The molecule has 0 heterocycles. The van der Waals surface area contributed by atoms with Gasteiger partial charge in [0.25, 0.3) is 10.0 Å². The summed E-state index contributed by atoms with van der Waals surface area (Å²) in [6, 6.07) is 16.9. The Bertz CT molecular complexity index is 1020. The molecule has 3 aromatic rings. The van der Waals surface area contributed by atoms with Crippen LogP contribution in [0.25, 0.3) is 11.1 Å². The summed E-state index contributed by atoms with van der Waals surface area (Å²) in [6.07, 6.45) is 0. The Morgan fingerprint density at radius 2 is 1.64 bits per heavy atom. The molecule has 3 aromatic carbocycles. The largest absolute Gasteiger partial charge is 0.507 e. The maximum absolute atomic E-state index is 14.1. The smallest absolute Gasteiger partial charge is 0.265 e. The summed E-state index contributed by atoms with van der Waals surface area (Å²) in [7, 11) is -4.21. The van der Waals surface area contributed by atoms with Crippen molar-refractivity contribution < 1.29 is 17.9 Å². The van der Waals surface area contributed by atoms with Crippen molar-refractivity contribution in [3.63, 3.8) is 0 Å². The minimum absolute atomic E-state index is 0.136. The normalized spacial score (nSPS) is 11.3. The van der Waals surface area contributed by atoms with Crippen molar-refractivity contribution in [2.45, 2.75) is 4.90 Å². The highest BCUT2D eigenvalue weighted by atomic mass is 35.5. The van der Waals surface area contributed by atoms with E-state index < -0.39 is 26.5 Å². The van der Waals surface area contributed by atoms with Gasteiger partial charge in [-0.05, 0) is 41.5 Å². The van der Waals surface area contributed by atoms with Crippen LogP contribution < -0.4 is 4.72 Å². The van der Waals surface area contributed by atoms with Crippen LogP contribution in [0.15, 0.2) is 71.6 Å². The van der Waals surface area contributed by atoms with Gasteiger partial charge < -0.3 is 5.11 Å². The molecule has 25 heavy (non-hydrogen) atoms. The number of nitrogens with one attached hydrogen (secondary N) is 1. The predicted octanol–water partition coefficient (Wildman–Crippen LogP) is 4.65. The molecule has 3 rings (SSSR count). The molecule has 128 valence electrons. The van der Waals surface area contributed by atoms with Crippen molar-refractivity contribution in [1.82, 2.24) is 0 Å². The van der Waals surface area contributed by atoms with E-state index in [2.05, 4.69) is 4.72 Å². The van der Waals surface area contributed by atoms with Gasteiger partial charge in [-0.2, -0.15) is 0 Å². The third-order valence-electron chi connectivity index (χ3n) is 3.53. The molecule has 2 N–H and O–H groups in total. The van der Waals surface area contributed by atoms with Gasteiger partial charge in [0.1, 0.15) is 16.5 Å². The molecule has 0 aliphatic carbocycles. The number of rotatable bonds is 4.